The van der Waals surface area contributed by atoms with Crippen LogP contribution in [0.2, 0.25) is 0 Å². The molecule has 6 heterocycles. The summed E-state index contributed by atoms with van der Waals surface area (Å²) < 4.78 is 43.7. The lowest BCUT2D eigenvalue weighted by Gasteiger charge is -2.32. The van der Waals surface area contributed by atoms with Gasteiger partial charge in [-0.2, -0.15) is 15.2 Å². The molecule has 0 aliphatic carbocycles. The number of halogens is 2. The van der Waals surface area contributed by atoms with E-state index in [2.05, 4.69) is 19.8 Å². The number of rotatable bonds is 6. The Kier molecular flexibility index (Phi) is 6.74. The van der Waals surface area contributed by atoms with Gasteiger partial charge in [0.15, 0.2) is 5.82 Å². The summed E-state index contributed by atoms with van der Waals surface area (Å²) >= 11 is 0.950. The minimum Gasteiger partial charge on any atom is -0.480 e. The standard InChI is InChI=1S/C30H31F2N7O2S/c1-40-28-21-24(22(32)23(35-28)17-7-8-19(31)25-20(17)18(15-33)26(34)42-25)36-29(37-27(21)38-11-3-2-4-12-38)41-16-30-9-5-13-39(30)14-6-10-30/h7-8H,2-6,9-14,16,34H2,1H3. The van der Waals surface area contributed by atoms with E-state index in [4.69, 9.17) is 20.2 Å². The molecule has 42 heavy (non-hydrogen) atoms. The molecule has 1 aromatic carbocycles. The summed E-state index contributed by atoms with van der Waals surface area (Å²) in [7, 11) is 1.46. The third-order valence-corrected chi connectivity index (χ3v) is 10.1. The number of nitrogens with zero attached hydrogens (tertiary/aromatic N) is 6. The van der Waals surface area contributed by atoms with Crippen molar-refractivity contribution in [2.24, 2.45) is 0 Å². The normalized spacial score (nSPS) is 18.5. The first-order valence-corrected chi connectivity index (χ1v) is 15.2. The van der Waals surface area contributed by atoms with E-state index in [9.17, 15) is 9.65 Å². The van der Waals surface area contributed by atoms with Crippen molar-refractivity contribution in [3.8, 4) is 29.2 Å². The Labute approximate surface area is 245 Å². The molecule has 3 fully saturated rings. The van der Waals surface area contributed by atoms with Crippen LogP contribution in [0.15, 0.2) is 12.1 Å². The van der Waals surface area contributed by atoms with Gasteiger partial charge in [-0.1, -0.05) is 0 Å². The van der Waals surface area contributed by atoms with E-state index in [1.54, 1.807) is 0 Å². The van der Waals surface area contributed by atoms with Crippen molar-refractivity contribution in [1.29, 1.82) is 5.26 Å². The van der Waals surface area contributed by atoms with Gasteiger partial charge in [-0.15, -0.1) is 11.3 Å². The molecular formula is C30H31F2N7O2S. The van der Waals surface area contributed by atoms with Crippen LogP contribution in [-0.2, 0) is 0 Å². The van der Waals surface area contributed by atoms with Gasteiger partial charge in [-0.05, 0) is 70.2 Å². The summed E-state index contributed by atoms with van der Waals surface area (Å²) in [5, 5.41) is 10.5. The van der Waals surface area contributed by atoms with Gasteiger partial charge in [0.25, 0.3) is 0 Å². The number of pyridine rings is 1. The first kappa shape index (κ1) is 27.0. The average molecular weight is 592 g/mol. The van der Waals surface area contributed by atoms with Gasteiger partial charge in [-0.25, -0.2) is 13.8 Å². The fourth-order valence-electron chi connectivity index (χ4n) is 6.99. The second-order valence-electron chi connectivity index (χ2n) is 11.3. The number of nitrogens with two attached hydrogens (primary N) is 1. The van der Waals surface area contributed by atoms with E-state index >= 15 is 4.39 Å². The molecule has 2 N–H and O–H groups in total. The third-order valence-electron chi connectivity index (χ3n) is 9.03. The zero-order valence-electron chi connectivity index (χ0n) is 23.4. The van der Waals surface area contributed by atoms with E-state index in [0.29, 0.717) is 17.8 Å². The van der Waals surface area contributed by atoms with Gasteiger partial charge >= 0.3 is 6.01 Å². The van der Waals surface area contributed by atoms with Crippen molar-refractivity contribution < 1.29 is 18.3 Å². The van der Waals surface area contributed by atoms with E-state index in [-0.39, 0.29) is 54.9 Å². The second kappa shape index (κ2) is 10.5. The van der Waals surface area contributed by atoms with Crippen molar-refractivity contribution in [3.05, 3.63) is 29.3 Å². The summed E-state index contributed by atoms with van der Waals surface area (Å²) in [5.74, 6) is -0.598. The number of hydrogen-bond acceptors (Lipinski definition) is 10. The van der Waals surface area contributed by atoms with Gasteiger partial charge in [0.2, 0.25) is 5.88 Å². The van der Waals surface area contributed by atoms with E-state index in [0.717, 1.165) is 82.5 Å². The molecule has 3 aliphatic rings. The van der Waals surface area contributed by atoms with Crippen molar-refractivity contribution in [3.63, 3.8) is 0 Å². The first-order valence-electron chi connectivity index (χ1n) is 14.4. The molecule has 0 radical (unpaired) electrons. The van der Waals surface area contributed by atoms with Gasteiger partial charge in [-0.3, -0.25) is 4.90 Å². The van der Waals surface area contributed by atoms with Crippen LogP contribution in [0.25, 0.3) is 32.2 Å². The molecule has 0 spiro atoms. The number of ether oxygens (including phenoxy) is 2. The van der Waals surface area contributed by atoms with Gasteiger partial charge < -0.3 is 20.1 Å². The van der Waals surface area contributed by atoms with Crippen LogP contribution >= 0.6 is 11.3 Å². The molecule has 9 nitrogen and oxygen atoms in total. The molecule has 4 aromatic rings. The van der Waals surface area contributed by atoms with Crippen LogP contribution in [0.5, 0.6) is 11.9 Å². The lowest BCUT2D eigenvalue weighted by atomic mass is 9.95. The SMILES string of the molecule is COc1nc(-c2ccc(F)c3sc(N)c(C#N)c23)c(F)c2nc(OCC34CCCN3CCC4)nc(N3CCCCC3)c12. The molecule has 7 rings (SSSR count). The predicted octanol–water partition coefficient (Wildman–Crippen LogP) is 5.64. The van der Waals surface area contributed by atoms with Crippen LogP contribution < -0.4 is 20.1 Å². The van der Waals surface area contributed by atoms with Crippen LogP contribution in [-0.4, -0.2) is 65.3 Å². The van der Waals surface area contributed by atoms with E-state index in [1.807, 2.05) is 6.07 Å². The summed E-state index contributed by atoms with van der Waals surface area (Å²) in [4.78, 5) is 18.6. The van der Waals surface area contributed by atoms with Crippen LogP contribution in [0.3, 0.4) is 0 Å². The summed E-state index contributed by atoms with van der Waals surface area (Å²) in [5.41, 5.74) is 6.24. The van der Waals surface area contributed by atoms with Crippen molar-refractivity contribution in [1.82, 2.24) is 19.9 Å². The largest absolute Gasteiger partial charge is 0.480 e. The number of nitriles is 1. The molecule has 0 atom stereocenters. The molecule has 3 saturated heterocycles. The summed E-state index contributed by atoms with van der Waals surface area (Å²) in [6, 6.07) is 4.80. The number of piperidine rings is 1. The number of methoxy groups -OCH3 is 1. The molecule has 0 unspecified atom stereocenters. The summed E-state index contributed by atoms with van der Waals surface area (Å²) in [6.45, 7) is 4.08. The lowest BCUT2D eigenvalue weighted by Crippen LogP contribution is -2.43. The van der Waals surface area contributed by atoms with Gasteiger partial charge in [0, 0.05) is 24.0 Å². The maximum absolute atomic E-state index is 16.7. The number of anilines is 2. The molecule has 3 aromatic heterocycles. The molecule has 3 aliphatic heterocycles. The molecule has 12 heteroatoms. The quantitative estimate of drug-likeness (QED) is 0.304. The monoisotopic (exact) mass is 591 g/mol. The Bertz CT molecular complexity index is 1740. The van der Waals surface area contributed by atoms with Crippen molar-refractivity contribution >= 4 is 43.1 Å². The van der Waals surface area contributed by atoms with Gasteiger partial charge in [0.05, 0.1) is 22.9 Å². The molecule has 0 saturated carbocycles. The Morgan fingerprint density at radius 3 is 2.50 bits per heavy atom. The molecule has 0 amide bonds. The fourth-order valence-corrected chi connectivity index (χ4v) is 7.94. The zero-order valence-corrected chi connectivity index (χ0v) is 24.2. The topological polar surface area (TPSA) is 113 Å². The van der Waals surface area contributed by atoms with Gasteiger partial charge in [0.1, 0.15) is 45.9 Å². The summed E-state index contributed by atoms with van der Waals surface area (Å²) in [6.07, 6.45) is 7.46. The van der Waals surface area contributed by atoms with E-state index in [1.165, 1.54) is 19.2 Å². The Morgan fingerprint density at radius 2 is 1.79 bits per heavy atom. The Hall–Kier alpha value is -3.82. The minimum atomic E-state index is -0.723. The molecular weight excluding hydrogens is 560 g/mol. The number of aromatic nitrogens is 3. The van der Waals surface area contributed by atoms with Crippen LogP contribution in [0.1, 0.15) is 50.5 Å². The number of nitrogen functional groups attached to an aromatic ring is 1. The molecule has 0 bridgehead atoms. The number of fused-ring (bicyclic) bond motifs is 3. The highest BCUT2D eigenvalue weighted by Crippen LogP contribution is 2.45. The average Bonchev–Trinajstić information content (AvgIpc) is 3.69. The van der Waals surface area contributed by atoms with Crippen molar-refractivity contribution in [2.75, 3.05) is 50.5 Å². The van der Waals surface area contributed by atoms with Crippen LogP contribution in [0, 0.1) is 23.0 Å². The predicted molar refractivity (Wildman–Crippen MR) is 158 cm³/mol. The number of thiophene rings is 1. The number of hydrogen-bond donors (Lipinski definition) is 1. The van der Waals surface area contributed by atoms with Crippen LogP contribution in [0.4, 0.5) is 19.6 Å². The lowest BCUT2D eigenvalue weighted by molar-refractivity contribution is 0.108. The highest BCUT2D eigenvalue weighted by atomic mass is 32.1. The Morgan fingerprint density at radius 1 is 1.02 bits per heavy atom. The third kappa shape index (κ3) is 4.21. The van der Waals surface area contributed by atoms with Crippen molar-refractivity contribution in [2.45, 2.75) is 50.5 Å². The number of benzene rings is 1. The maximum atomic E-state index is 16.7. The zero-order chi connectivity index (χ0) is 29.0. The smallest absolute Gasteiger partial charge is 0.319 e. The van der Waals surface area contributed by atoms with E-state index < -0.39 is 11.6 Å². The first-order chi connectivity index (χ1) is 20.4. The molecule has 218 valence electrons. The second-order valence-corrected chi connectivity index (χ2v) is 12.4. The Balaban J connectivity index is 1.42. The fraction of sp³-hybridized carbons (Fsp3) is 0.467. The maximum Gasteiger partial charge on any atom is 0.319 e. The highest BCUT2D eigenvalue weighted by molar-refractivity contribution is 7.23. The highest BCUT2D eigenvalue weighted by Gasteiger charge is 2.45. The minimum absolute atomic E-state index is 0.00816.